The molecule has 3 rings (SSSR count). The molecule has 1 saturated heterocycles. The van der Waals surface area contributed by atoms with Crippen molar-refractivity contribution in [3.63, 3.8) is 0 Å². The van der Waals surface area contributed by atoms with Crippen molar-refractivity contribution in [3.05, 3.63) is 29.1 Å². The van der Waals surface area contributed by atoms with Crippen LogP contribution in [0.5, 0.6) is 0 Å². The molecule has 1 atom stereocenters. The largest absolute Gasteiger partial charge is 0.458 e. The van der Waals surface area contributed by atoms with E-state index in [1.54, 1.807) is 6.07 Å². The number of hydrogen-bond donors (Lipinski definition) is 1. The SMILES string of the molecule is Clc1ccc2oc([C@@H]3CCCN3)cc2n1. The molecule has 0 radical (unpaired) electrons. The molecule has 3 nitrogen and oxygen atoms in total. The Labute approximate surface area is 92.4 Å². The Bertz CT molecular complexity index is 488. The normalized spacial score (nSPS) is 21.3. The lowest BCUT2D eigenvalue weighted by atomic mass is 10.2. The minimum Gasteiger partial charge on any atom is -0.458 e. The summed E-state index contributed by atoms with van der Waals surface area (Å²) in [6, 6.07) is 5.94. The van der Waals surface area contributed by atoms with Gasteiger partial charge in [0.15, 0.2) is 5.58 Å². The number of fused-ring (bicyclic) bond motifs is 1. The van der Waals surface area contributed by atoms with Gasteiger partial charge in [-0.2, -0.15) is 0 Å². The lowest BCUT2D eigenvalue weighted by molar-refractivity contribution is 0.471. The van der Waals surface area contributed by atoms with Crippen LogP contribution in [0.25, 0.3) is 11.1 Å². The fourth-order valence-electron chi connectivity index (χ4n) is 2.02. The molecule has 0 unspecified atom stereocenters. The summed E-state index contributed by atoms with van der Waals surface area (Å²) >= 11 is 5.82. The maximum absolute atomic E-state index is 5.82. The van der Waals surface area contributed by atoms with E-state index in [0.29, 0.717) is 11.2 Å². The number of furan rings is 1. The van der Waals surface area contributed by atoms with Gasteiger partial charge in [0.25, 0.3) is 0 Å². The zero-order valence-electron chi connectivity index (χ0n) is 8.16. The molecule has 2 aromatic rings. The molecule has 78 valence electrons. The number of aromatic nitrogens is 1. The van der Waals surface area contributed by atoms with Crippen LogP contribution in [-0.2, 0) is 0 Å². The van der Waals surface area contributed by atoms with Crippen molar-refractivity contribution in [2.75, 3.05) is 6.54 Å². The van der Waals surface area contributed by atoms with Crippen LogP contribution in [0.15, 0.2) is 22.6 Å². The summed E-state index contributed by atoms with van der Waals surface area (Å²) in [7, 11) is 0. The summed E-state index contributed by atoms with van der Waals surface area (Å²) in [4.78, 5) is 4.21. The highest BCUT2D eigenvalue weighted by molar-refractivity contribution is 6.29. The molecule has 2 aromatic heterocycles. The predicted molar refractivity (Wildman–Crippen MR) is 59.0 cm³/mol. The topological polar surface area (TPSA) is 38.1 Å². The Morgan fingerprint density at radius 2 is 2.40 bits per heavy atom. The summed E-state index contributed by atoms with van der Waals surface area (Å²) in [5, 5.41) is 3.90. The van der Waals surface area contributed by atoms with Gasteiger partial charge in [0.2, 0.25) is 0 Å². The molecule has 1 fully saturated rings. The van der Waals surface area contributed by atoms with Crippen LogP contribution in [0.4, 0.5) is 0 Å². The summed E-state index contributed by atoms with van der Waals surface area (Å²) in [6.45, 7) is 1.07. The van der Waals surface area contributed by atoms with Gasteiger partial charge in [-0.3, -0.25) is 0 Å². The highest BCUT2D eigenvalue weighted by Crippen LogP contribution is 2.28. The molecule has 0 amide bonds. The summed E-state index contributed by atoms with van der Waals surface area (Å²) in [6.07, 6.45) is 2.34. The minimum atomic E-state index is 0.345. The Hall–Kier alpha value is -1.06. The minimum absolute atomic E-state index is 0.345. The van der Waals surface area contributed by atoms with E-state index in [4.69, 9.17) is 16.0 Å². The number of rotatable bonds is 1. The molecule has 0 aliphatic carbocycles. The van der Waals surface area contributed by atoms with Crippen LogP contribution in [-0.4, -0.2) is 11.5 Å². The number of nitrogens with one attached hydrogen (secondary N) is 1. The third-order valence-corrected chi connectivity index (χ3v) is 2.97. The second-order valence-electron chi connectivity index (χ2n) is 3.82. The Morgan fingerprint density at radius 1 is 1.47 bits per heavy atom. The monoisotopic (exact) mass is 222 g/mol. The van der Waals surface area contributed by atoms with Crippen LogP contribution in [0.2, 0.25) is 5.15 Å². The van der Waals surface area contributed by atoms with Crippen molar-refractivity contribution in [1.29, 1.82) is 0 Å². The maximum atomic E-state index is 5.82. The third-order valence-electron chi connectivity index (χ3n) is 2.76. The second kappa shape index (κ2) is 3.51. The first-order chi connectivity index (χ1) is 7.33. The van der Waals surface area contributed by atoms with Crippen molar-refractivity contribution in [2.45, 2.75) is 18.9 Å². The van der Waals surface area contributed by atoms with Gasteiger partial charge in [-0.25, -0.2) is 4.98 Å². The zero-order valence-corrected chi connectivity index (χ0v) is 8.92. The Kier molecular flexibility index (Phi) is 2.15. The van der Waals surface area contributed by atoms with Crippen molar-refractivity contribution in [3.8, 4) is 0 Å². The Morgan fingerprint density at radius 3 is 3.20 bits per heavy atom. The van der Waals surface area contributed by atoms with Gasteiger partial charge in [-0.1, -0.05) is 11.6 Å². The predicted octanol–water partition coefficient (Wildman–Crippen LogP) is 2.91. The maximum Gasteiger partial charge on any atom is 0.152 e. The van der Waals surface area contributed by atoms with Gasteiger partial charge in [0, 0.05) is 6.07 Å². The first kappa shape index (κ1) is 9.19. The van der Waals surface area contributed by atoms with Gasteiger partial charge < -0.3 is 9.73 Å². The van der Waals surface area contributed by atoms with E-state index in [9.17, 15) is 0 Å². The smallest absolute Gasteiger partial charge is 0.152 e. The van der Waals surface area contributed by atoms with E-state index in [1.165, 1.54) is 6.42 Å². The molecular formula is C11H11ClN2O. The van der Waals surface area contributed by atoms with E-state index in [-0.39, 0.29) is 0 Å². The molecule has 1 aliphatic heterocycles. The quantitative estimate of drug-likeness (QED) is 0.754. The molecule has 3 heterocycles. The average Bonchev–Trinajstić information content (AvgIpc) is 2.84. The van der Waals surface area contributed by atoms with Gasteiger partial charge >= 0.3 is 0 Å². The second-order valence-corrected chi connectivity index (χ2v) is 4.20. The number of nitrogens with zero attached hydrogens (tertiary/aromatic N) is 1. The lowest BCUT2D eigenvalue weighted by Crippen LogP contribution is -2.11. The van der Waals surface area contributed by atoms with Gasteiger partial charge in [-0.15, -0.1) is 0 Å². The molecular weight excluding hydrogens is 212 g/mol. The van der Waals surface area contributed by atoms with E-state index >= 15 is 0 Å². The van der Waals surface area contributed by atoms with Crippen molar-refractivity contribution < 1.29 is 4.42 Å². The van der Waals surface area contributed by atoms with Gasteiger partial charge in [-0.05, 0) is 31.5 Å². The molecule has 1 aliphatic rings. The number of halogens is 1. The summed E-state index contributed by atoms with van der Waals surface area (Å²) < 4.78 is 5.72. The van der Waals surface area contributed by atoms with Crippen molar-refractivity contribution in [1.82, 2.24) is 10.3 Å². The summed E-state index contributed by atoms with van der Waals surface area (Å²) in [5.74, 6) is 0.970. The molecule has 0 spiro atoms. The van der Waals surface area contributed by atoms with Crippen LogP contribution in [0.3, 0.4) is 0 Å². The van der Waals surface area contributed by atoms with Crippen LogP contribution in [0.1, 0.15) is 24.6 Å². The highest BCUT2D eigenvalue weighted by Gasteiger charge is 2.20. The van der Waals surface area contributed by atoms with Crippen LogP contribution >= 0.6 is 11.6 Å². The molecule has 0 aromatic carbocycles. The first-order valence-corrected chi connectivity index (χ1v) is 5.50. The van der Waals surface area contributed by atoms with E-state index in [0.717, 1.165) is 29.8 Å². The zero-order chi connectivity index (χ0) is 10.3. The number of pyridine rings is 1. The molecule has 0 saturated carbocycles. The first-order valence-electron chi connectivity index (χ1n) is 5.12. The van der Waals surface area contributed by atoms with E-state index in [2.05, 4.69) is 10.3 Å². The fourth-order valence-corrected chi connectivity index (χ4v) is 2.17. The summed E-state index contributed by atoms with van der Waals surface area (Å²) in [5.41, 5.74) is 1.65. The fraction of sp³-hybridized carbons (Fsp3) is 0.364. The van der Waals surface area contributed by atoms with E-state index < -0.39 is 0 Å². The molecule has 4 heteroatoms. The Balaban J connectivity index is 2.05. The van der Waals surface area contributed by atoms with Crippen LogP contribution < -0.4 is 5.32 Å². The van der Waals surface area contributed by atoms with Crippen molar-refractivity contribution in [2.24, 2.45) is 0 Å². The standard InChI is InChI=1S/C11H11ClN2O/c12-11-4-3-9-8(14-11)6-10(15-9)7-2-1-5-13-7/h3-4,6-7,13H,1-2,5H2/t7-/m0/s1. The molecule has 15 heavy (non-hydrogen) atoms. The molecule has 0 bridgehead atoms. The van der Waals surface area contributed by atoms with Gasteiger partial charge in [0.05, 0.1) is 6.04 Å². The molecule has 1 N–H and O–H groups in total. The van der Waals surface area contributed by atoms with Gasteiger partial charge in [0.1, 0.15) is 16.4 Å². The van der Waals surface area contributed by atoms with Crippen LogP contribution in [0, 0.1) is 0 Å². The lowest BCUT2D eigenvalue weighted by Gasteiger charge is -2.04. The number of hydrogen-bond acceptors (Lipinski definition) is 3. The third kappa shape index (κ3) is 1.62. The average molecular weight is 223 g/mol. The van der Waals surface area contributed by atoms with Crippen molar-refractivity contribution >= 4 is 22.7 Å². The highest BCUT2D eigenvalue weighted by atomic mass is 35.5. The van der Waals surface area contributed by atoms with E-state index in [1.807, 2.05) is 12.1 Å².